The van der Waals surface area contributed by atoms with Gasteiger partial charge in [-0.15, -0.1) is 0 Å². The largest absolute Gasteiger partial charge is 0.426 e. The van der Waals surface area contributed by atoms with Crippen molar-refractivity contribution in [2.75, 3.05) is 29.4 Å². The molecule has 50 heavy (non-hydrogen) atoms. The molecule has 3 N–H and O–H groups in total. The molecule has 256 valence electrons. The first-order valence-electron chi connectivity index (χ1n) is 16.4. The number of halogens is 2. The van der Waals surface area contributed by atoms with E-state index in [0.29, 0.717) is 46.3 Å². The number of primary amides is 1. The minimum atomic E-state index is -0.659. The first-order chi connectivity index (χ1) is 24.2. The number of nitrogens with one attached hydrogen (secondary N) is 1. The Morgan fingerprint density at radius 2 is 1.48 bits per heavy atom. The Kier molecular flexibility index (Phi) is 9.64. The summed E-state index contributed by atoms with van der Waals surface area (Å²) in [4.78, 5) is 60.5. The van der Waals surface area contributed by atoms with Crippen LogP contribution in [-0.2, 0) is 9.59 Å². The van der Waals surface area contributed by atoms with Crippen LogP contribution in [0.1, 0.15) is 42.5 Å². The molecule has 2 amide bonds. The Morgan fingerprint density at radius 3 is 2.16 bits per heavy atom. The van der Waals surface area contributed by atoms with Gasteiger partial charge in [0.25, 0.3) is 5.91 Å². The number of nitrogens with two attached hydrogens (primary N) is 1. The monoisotopic (exact) mass is 712 g/mol. The van der Waals surface area contributed by atoms with Crippen LogP contribution in [0.25, 0.3) is 21.8 Å². The molecule has 12 nitrogen and oxygen atoms in total. The van der Waals surface area contributed by atoms with Gasteiger partial charge in [-0.1, -0.05) is 29.3 Å². The van der Waals surface area contributed by atoms with Gasteiger partial charge in [0.1, 0.15) is 36.1 Å². The summed E-state index contributed by atoms with van der Waals surface area (Å²) in [5.41, 5.74) is 7.69. The number of piperidine rings is 2. The molecule has 3 aromatic carbocycles. The molecule has 5 aromatic rings. The number of carbonyl (C=O) groups excluding carboxylic acids is 3. The quantitative estimate of drug-likeness (QED) is 0.159. The van der Waals surface area contributed by atoms with Crippen LogP contribution < -0.4 is 25.6 Å². The summed E-state index contributed by atoms with van der Waals surface area (Å²) in [5, 5.41) is 6.00. The molecule has 2 aliphatic rings. The van der Waals surface area contributed by atoms with E-state index in [1.807, 2.05) is 29.2 Å². The van der Waals surface area contributed by atoms with Crippen molar-refractivity contribution >= 4 is 74.4 Å². The molecule has 0 spiro atoms. The minimum Gasteiger partial charge on any atom is -0.426 e. The number of aromatic nitrogens is 4. The third kappa shape index (κ3) is 7.26. The van der Waals surface area contributed by atoms with Gasteiger partial charge < -0.3 is 25.6 Å². The van der Waals surface area contributed by atoms with E-state index < -0.39 is 17.9 Å². The molecule has 0 aliphatic carbocycles. The zero-order valence-corrected chi connectivity index (χ0v) is 28.5. The highest BCUT2D eigenvalue weighted by Gasteiger charge is 2.35. The Bertz CT molecular complexity index is 2090. The highest BCUT2D eigenvalue weighted by Crippen LogP contribution is 2.34. The molecule has 4 heterocycles. The molecule has 2 unspecified atom stereocenters. The molecule has 0 radical (unpaired) electrons. The van der Waals surface area contributed by atoms with E-state index in [-0.39, 0.29) is 30.0 Å². The second kappa shape index (κ2) is 14.4. The minimum absolute atomic E-state index is 0.0188. The van der Waals surface area contributed by atoms with Crippen molar-refractivity contribution in [2.45, 2.75) is 44.2 Å². The average molecular weight is 714 g/mol. The summed E-state index contributed by atoms with van der Waals surface area (Å²) in [5.74, 6) is 0.422. The van der Waals surface area contributed by atoms with Crippen LogP contribution in [0.4, 0.5) is 11.6 Å². The van der Waals surface area contributed by atoms with Crippen molar-refractivity contribution in [3.05, 3.63) is 88.9 Å². The number of benzene rings is 3. The van der Waals surface area contributed by atoms with Crippen molar-refractivity contribution in [3.63, 3.8) is 0 Å². The van der Waals surface area contributed by atoms with Gasteiger partial charge >= 0.3 is 5.97 Å². The Labute approximate surface area is 297 Å². The third-order valence-corrected chi connectivity index (χ3v) is 9.85. The van der Waals surface area contributed by atoms with E-state index in [9.17, 15) is 14.4 Å². The van der Waals surface area contributed by atoms with Gasteiger partial charge in [0.15, 0.2) is 0 Å². The zero-order valence-electron chi connectivity index (χ0n) is 27.0. The molecule has 14 heteroatoms. The van der Waals surface area contributed by atoms with Crippen LogP contribution in [-0.4, -0.2) is 69.4 Å². The molecule has 0 bridgehead atoms. The van der Waals surface area contributed by atoms with E-state index in [1.165, 1.54) is 6.33 Å². The van der Waals surface area contributed by atoms with E-state index in [2.05, 4.69) is 30.2 Å². The summed E-state index contributed by atoms with van der Waals surface area (Å²) in [6.45, 7) is 1.91. The molecule has 2 saturated heterocycles. The summed E-state index contributed by atoms with van der Waals surface area (Å²) in [6.07, 6.45) is 5.56. The third-order valence-electron chi connectivity index (χ3n) is 9.38. The first-order valence-corrected chi connectivity index (χ1v) is 17.2. The molecule has 2 aliphatic heterocycles. The maximum atomic E-state index is 13.2. The maximum Gasteiger partial charge on any atom is 0.311 e. The van der Waals surface area contributed by atoms with Gasteiger partial charge in [-0.2, -0.15) is 0 Å². The first kappa shape index (κ1) is 33.4. The zero-order chi connectivity index (χ0) is 34.8. The summed E-state index contributed by atoms with van der Waals surface area (Å²) in [7, 11) is 0. The Balaban J connectivity index is 0.931. The molecular formula is C36H34Cl2N8O4. The van der Waals surface area contributed by atoms with Crippen LogP contribution in [0.5, 0.6) is 5.75 Å². The van der Waals surface area contributed by atoms with Gasteiger partial charge in [-0.05, 0) is 86.2 Å². The molecule has 2 aromatic heterocycles. The van der Waals surface area contributed by atoms with Gasteiger partial charge in [0, 0.05) is 58.5 Å². The highest BCUT2D eigenvalue weighted by molar-refractivity contribution is 6.31. The average Bonchev–Trinajstić information content (AvgIpc) is 3.11. The number of fused-ring (bicyclic) bond motifs is 2. The Hall–Kier alpha value is -5.07. The van der Waals surface area contributed by atoms with Crippen molar-refractivity contribution in [1.82, 2.24) is 25.3 Å². The number of nitrogens with zero attached hydrogens (tertiary/aromatic N) is 6. The fourth-order valence-electron chi connectivity index (χ4n) is 6.87. The lowest BCUT2D eigenvalue weighted by Gasteiger charge is -2.38. The van der Waals surface area contributed by atoms with Crippen LogP contribution in [0.2, 0.25) is 10.0 Å². The second-order valence-electron chi connectivity index (χ2n) is 12.7. The fourth-order valence-corrected chi connectivity index (χ4v) is 7.21. The molecule has 2 fully saturated rings. The normalized spacial score (nSPS) is 18.3. The smallest absolute Gasteiger partial charge is 0.311 e. The van der Waals surface area contributed by atoms with Crippen LogP contribution in [0.3, 0.4) is 0 Å². The van der Waals surface area contributed by atoms with E-state index in [0.717, 1.165) is 48.0 Å². The van der Waals surface area contributed by atoms with E-state index in [1.54, 1.807) is 42.7 Å². The van der Waals surface area contributed by atoms with Crippen LogP contribution in [0.15, 0.2) is 73.3 Å². The molecule has 0 saturated carbocycles. The number of carbonyl (C=O) groups is 3. The number of rotatable bonds is 8. The number of hydrogen-bond acceptors (Lipinski definition) is 10. The van der Waals surface area contributed by atoms with Crippen molar-refractivity contribution < 1.29 is 19.1 Å². The van der Waals surface area contributed by atoms with Crippen LogP contribution >= 0.6 is 23.2 Å². The SMILES string of the molecule is NC(=O)C1CC(CC(=O)Oc2cccc(C(=O)NC3CCN(c4ncnc5cc(Cl)ccc45)CC3)c2)CCN1c1ncnc2cc(Cl)ccc12. The fraction of sp³-hybridized carbons (Fsp3) is 0.306. The molecule has 2 atom stereocenters. The highest BCUT2D eigenvalue weighted by atomic mass is 35.5. The predicted octanol–water partition coefficient (Wildman–Crippen LogP) is 5.34. The topological polar surface area (TPSA) is 157 Å². The Morgan fingerprint density at radius 1 is 0.820 bits per heavy atom. The lowest BCUT2D eigenvalue weighted by Crippen LogP contribution is -2.50. The van der Waals surface area contributed by atoms with Gasteiger partial charge in [0.2, 0.25) is 5.91 Å². The number of hydrogen-bond donors (Lipinski definition) is 2. The van der Waals surface area contributed by atoms with Crippen molar-refractivity contribution in [1.29, 1.82) is 0 Å². The van der Waals surface area contributed by atoms with Gasteiger partial charge in [0.05, 0.1) is 11.0 Å². The van der Waals surface area contributed by atoms with Crippen LogP contribution in [0, 0.1) is 5.92 Å². The van der Waals surface area contributed by atoms with Gasteiger partial charge in [-0.3, -0.25) is 14.4 Å². The lowest BCUT2D eigenvalue weighted by molar-refractivity contribution is -0.136. The number of amides is 2. The number of anilines is 2. The molecule has 7 rings (SSSR count). The van der Waals surface area contributed by atoms with Crippen molar-refractivity contribution in [2.24, 2.45) is 11.7 Å². The lowest BCUT2D eigenvalue weighted by atomic mass is 9.87. The summed E-state index contributed by atoms with van der Waals surface area (Å²) in [6, 6.07) is 16.8. The second-order valence-corrected chi connectivity index (χ2v) is 13.5. The maximum absolute atomic E-state index is 13.2. The predicted molar refractivity (Wildman–Crippen MR) is 192 cm³/mol. The van der Waals surface area contributed by atoms with Gasteiger partial charge in [-0.25, -0.2) is 19.9 Å². The molecular weight excluding hydrogens is 679 g/mol. The van der Waals surface area contributed by atoms with E-state index >= 15 is 0 Å². The standard InChI is InChI=1S/C36H34Cl2N8O4/c37-23-4-6-27-29(17-23)40-19-42-34(27)45-11-9-25(10-12-45)44-36(49)22-2-1-3-26(16-22)50-32(47)15-21-8-13-46(31(14-21)33(39)48)35-28-7-5-24(38)18-30(28)41-20-43-35/h1-7,16-21,25,31H,8-15H2,(H2,39,48)(H,44,49). The number of esters is 1. The summed E-state index contributed by atoms with van der Waals surface area (Å²) < 4.78 is 5.67. The number of ether oxygens (including phenoxy) is 1. The van der Waals surface area contributed by atoms with E-state index in [4.69, 9.17) is 33.7 Å². The summed E-state index contributed by atoms with van der Waals surface area (Å²) >= 11 is 12.3. The van der Waals surface area contributed by atoms with Crippen molar-refractivity contribution in [3.8, 4) is 5.75 Å².